The minimum absolute atomic E-state index is 0.400. The second-order valence-corrected chi connectivity index (χ2v) is 11.9. The molecule has 2 unspecified atom stereocenters. The van der Waals surface area contributed by atoms with E-state index >= 15 is 0 Å². The average molecular weight is 660 g/mol. The summed E-state index contributed by atoms with van der Waals surface area (Å²) in [5.74, 6) is 2.27. The molecule has 0 saturated heterocycles. The molecule has 230 valence electrons. The van der Waals surface area contributed by atoms with Gasteiger partial charge in [0.2, 0.25) is 0 Å². The molecule has 43 heavy (non-hydrogen) atoms. The van der Waals surface area contributed by atoms with Crippen LogP contribution in [-0.4, -0.2) is 47.8 Å². The molecule has 0 bridgehead atoms. The van der Waals surface area contributed by atoms with Gasteiger partial charge in [0.1, 0.15) is 23.5 Å². The topological polar surface area (TPSA) is 76.0 Å². The Hall–Kier alpha value is -3.15. The molecule has 0 amide bonds. The van der Waals surface area contributed by atoms with Crippen LogP contribution >= 0.6 is 15.9 Å². The number of rotatable bonds is 14. The van der Waals surface area contributed by atoms with Crippen molar-refractivity contribution in [1.29, 1.82) is 0 Å². The van der Waals surface area contributed by atoms with Crippen molar-refractivity contribution in [2.75, 3.05) is 38.6 Å². The van der Waals surface area contributed by atoms with E-state index in [9.17, 15) is 13.2 Å². The van der Waals surface area contributed by atoms with Crippen LogP contribution in [0, 0.1) is 5.92 Å². The highest BCUT2D eigenvalue weighted by Gasteiger charge is 2.30. The van der Waals surface area contributed by atoms with Gasteiger partial charge in [-0.3, -0.25) is 0 Å². The van der Waals surface area contributed by atoms with E-state index in [4.69, 9.17) is 4.74 Å². The monoisotopic (exact) mass is 658 g/mol. The van der Waals surface area contributed by atoms with Gasteiger partial charge in [-0.1, -0.05) is 24.3 Å². The Morgan fingerprint density at radius 3 is 2.44 bits per heavy atom. The highest BCUT2D eigenvalue weighted by Crippen LogP contribution is 2.39. The third kappa shape index (κ3) is 8.27. The lowest BCUT2D eigenvalue weighted by molar-refractivity contribution is -0.137. The number of anilines is 1. The molecule has 0 spiro atoms. The summed E-state index contributed by atoms with van der Waals surface area (Å²) in [7, 11) is 1.66. The van der Waals surface area contributed by atoms with Crippen LogP contribution in [0.25, 0.3) is 11.0 Å². The predicted molar refractivity (Wildman–Crippen MR) is 167 cm³/mol. The molecule has 2 heterocycles. The van der Waals surface area contributed by atoms with Gasteiger partial charge in [-0.05, 0) is 116 Å². The Labute approximate surface area is 258 Å². The molecular weight excluding hydrogens is 621 g/mol. The lowest BCUT2D eigenvalue weighted by Crippen LogP contribution is -2.26. The first-order chi connectivity index (χ1) is 20.8. The molecule has 11 heteroatoms. The average Bonchev–Trinajstić information content (AvgIpc) is 3.62. The van der Waals surface area contributed by atoms with E-state index in [0.29, 0.717) is 24.9 Å². The lowest BCUT2D eigenvalue weighted by atomic mass is 10.1. The first-order valence-corrected chi connectivity index (χ1v) is 15.6. The largest absolute Gasteiger partial charge is 0.497 e. The van der Waals surface area contributed by atoms with Gasteiger partial charge in [0.05, 0.1) is 18.1 Å². The van der Waals surface area contributed by atoms with Crippen molar-refractivity contribution >= 4 is 32.8 Å². The van der Waals surface area contributed by atoms with Gasteiger partial charge in [-0.2, -0.15) is 13.2 Å². The number of nitrogens with one attached hydrogen (secondary N) is 3. The summed E-state index contributed by atoms with van der Waals surface area (Å²) in [5, 5.41) is 11.5. The molecule has 1 saturated carbocycles. The van der Waals surface area contributed by atoms with Crippen LogP contribution in [-0.2, 0) is 19.1 Å². The van der Waals surface area contributed by atoms with Crippen molar-refractivity contribution in [3.63, 3.8) is 0 Å². The van der Waals surface area contributed by atoms with E-state index in [2.05, 4.69) is 52.6 Å². The van der Waals surface area contributed by atoms with Crippen LogP contribution in [0.4, 0.5) is 19.0 Å². The Balaban J connectivity index is 1.03. The van der Waals surface area contributed by atoms with Gasteiger partial charge in [-0.15, -0.1) is 0 Å². The Kier molecular flexibility index (Phi) is 10.6. The number of nitrogens with zero attached hydrogens (tertiary/aromatic N) is 3. The van der Waals surface area contributed by atoms with E-state index in [1.807, 2.05) is 24.3 Å². The summed E-state index contributed by atoms with van der Waals surface area (Å²) < 4.78 is 46.6. The summed E-state index contributed by atoms with van der Waals surface area (Å²) in [6.45, 7) is 4.20. The number of fused-ring (bicyclic) bond motifs is 1. The standard InChI is InChI=1S/C32H38BrF3N6O/c1-43-27-11-6-23(7-12-27)19-39-30-29-28(33)20-42(31(29)41-21-40-30)26-10-5-24(17-26)18-38-15-2-14-37-16-13-22-3-8-25(9-4-22)32(34,35)36/h3-4,6-9,11-12,20-21,24,26,37-38H,2,5,10,13-19H2,1H3,(H,39,40,41). The number of halogens is 4. The fraction of sp³-hybridized carbons (Fsp3) is 0.438. The van der Waals surface area contributed by atoms with Crippen molar-refractivity contribution in [3.8, 4) is 5.75 Å². The summed E-state index contributed by atoms with van der Waals surface area (Å²) in [6, 6.07) is 13.8. The zero-order valence-corrected chi connectivity index (χ0v) is 25.8. The van der Waals surface area contributed by atoms with Gasteiger partial charge in [-0.25, -0.2) is 9.97 Å². The number of hydrogen-bond acceptors (Lipinski definition) is 6. The molecule has 1 aliphatic carbocycles. The summed E-state index contributed by atoms with van der Waals surface area (Å²) in [6.07, 6.45) is 4.61. The SMILES string of the molecule is COc1ccc(CNc2ncnc3c2c(Br)cn3C2CCC(CNCCCNCCc3ccc(C(F)(F)F)cc3)C2)cc1. The fourth-order valence-electron chi connectivity index (χ4n) is 5.73. The quantitative estimate of drug-likeness (QED) is 0.127. The zero-order valence-electron chi connectivity index (χ0n) is 24.3. The highest BCUT2D eigenvalue weighted by atomic mass is 79.9. The number of benzene rings is 2. The molecule has 1 aliphatic rings. The van der Waals surface area contributed by atoms with Crippen LogP contribution in [0.15, 0.2) is 65.5 Å². The normalized spacial score (nSPS) is 17.0. The number of alkyl halides is 3. The molecular formula is C32H38BrF3N6O. The number of hydrogen-bond donors (Lipinski definition) is 3. The predicted octanol–water partition coefficient (Wildman–Crippen LogP) is 6.99. The van der Waals surface area contributed by atoms with Crippen molar-refractivity contribution in [3.05, 3.63) is 82.2 Å². The Bertz CT molecular complexity index is 1460. The van der Waals surface area contributed by atoms with Gasteiger partial charge in [0.15, 0.2) is 0 Å². The smallest absolute Gasteiger partial charge is 0.416 e. The fourth-order valence-corrected chi connectivity index (χ4v) is 6.32. The van der Waals surface area contributed by atoms with E-state index in [1.165, 1.54) is 6.42 Å². The van der Waals surface area contributed by atoms with E-state index < -0.39 is 11.7 Å². The maximum absolute atomic E-state index is 12.7. The molecule has 3 N–H and O–H groups in total. The van der Waals surface area contributed by atoms with Crippen LogP contribution in [0.2, 0.25) is 0 Å². The molecule has 2 aromatic heterocycles. The maximum atomic E-state index is 12.7. The molecule has 2 aromatic carbocycles. The molecule has 2 atom stereocenters. The van der Waals surface area contributed by atoms with Crippen LogP contribution in [0.1, 0.15) is 48.4 Å². The minimum atomic E-state index is -4.28. The molecule has 1 fully saturated rings. The first-order valence-electron chi connectivity index (χ1n) is 14.8. The van der Waals surface area contributed by atoms with Gasteiger partial charge in [0, 0.05) is 23.3 Å². The van der Waals surface area contributed by atoms with E-state index in [-0.39, 0.29) is 0 Å². The molecule has 5 rings (SSSR count). The van der Waals surface area contributed by atoms with E-state index in [1.54, 1.807) is 25.6 Å². The number of methoxy groups -OCH3 is 1. The van der Waals surface area contributed by atoms with E-state index in [0.717, 1.165) is 95.8 Å². The Morgan fingerprint density at radius 2 is 1.70 bits per heavy atom. The van der Waals surface area contributed by atoms with Gasteiger partial charge >= 0.3 is 6.18 Å². The van der Waals surface area contributed by atoms with Crippen molar-refractivity contribution in [2.45, 2.75) is 50.9 Å². The lowest BCUT2D eigenvalue weighted by Gasteiger charge is -2.15. The summed E-state index contributed by atoms with van der Waals surface area (Å²) in [4.78, 5) is 9.18. The van der Waals surface area contributed by atoms with Crippen LogP contribution in [0.5, 0.6) is 5.75 Å². The molecule has 0 aliphatic heterocycles. The maximum Gasteiger partial charge on any atom is 0.416 e. The minimum Gasteiger partial charge on any atom is -0.497 e. The number of ether oxygens (including phenoxy) is 1. The zero-order chi connectivity index (χ0) is 30.2. The summed E-state index contributed by atoms with van der Waals surface area (Å²) in [5.41, 5.74) is 2.39. The van der Waals surface area contributed by atoms with Crippen molar-refractivity contribution < 1.29 is 17.9 Å². The molecule has 0 radical (unpaired) electrons. The summed E-state index contributed by atoms with van der Waals surface area (Å²) >= 11 is 3.76. The second-order valence-electron chi connectivity index (χ2n) is 11.1. The number of aromatic nitrogens is 3. The Morgan fingerprint density at radius 1 is 0.953 bits per heavy atom. The van der Waals surface area contributed by atoms with Crippen molar-refractivity contribution in [2.24, 2.45) is 5.92 Å². The van der Waals surface area contributed by atoms with Gasteiger partial charge in [0.25, 0.3) is 0 Å². The first kappa shape index (κ1) is 31.3. The molecule has 4 aromatic rings. The third-order valence-electron chi connectivity index (χ3n) is 8.10. The van der Waals surface area contributed by atoms with Crippen molar-refractivity contribution in [1.82, 2.24) is 25.2 Å². The molecule has 7 nitrogen and oxygen atoms in total. The van der Waals surface area contributed by atoms with Crippen LogP contribution < -0.4 is 20.7 Å². The third-order valence-corrected chi connectivity index (χ3v) is 8.70. The van der Waals surface area contributed by atoms with Crippen LogP contribution in [0.3, 0.4) is 0 Å². The highest BCUT2D eigenvalue weighted by molar-refractivity contribution is 9.10. The van der Waals surface area contributed by atoms with Gasteiger partial charge < -0.3 is 25.3 Å². The second kappa shape index (κ2) is 14.5.